The Hall–Kier alpha value is -2.72. The number of hydrogen-bond donors (Lipinski definition) is 1. The zero-order valence-electron chi connectivity index (χ0n) is 19.0. The summed E-state index contributed by atoms with van der Waals surface area (Å²) in [6.07, 6.45) is 3.47. The fourth-order valence-electron chi connectivity index (χ4n) is 3.78. The van der Waals surface area contributed by atoms with Crippen molar-refractivity contribution in [3.63, 3.8) is 0 Å². The van der Waals surface area contributed by atoms with Gasteiger partial charge in [-0.25, -0.2) is 0 Å². The molecule has 4 heteroatoms. The first-order chi connectivity index (χ1) is 14.0. The Bertz CT molecular complexity index is 961. The van der Waals surface area contributed by atoms with Crippen LogP contribution < -0.4 is 0 Å². The van der Waals surface area contributed by atoms with Gasteiger partial charge in [0.1, 0.15) is 5.75 Å². The average Bonchev–Trinajstić information content (AvgIpc) is 2.70. The first-order valence-corrected chi connectivity index (χ1v) is 10.3. The second-order valence-electron chi connectivity index (χ2n) is 9.74. The number of rotatable bonds is 4. The number of methoxy groups -OCH3 is 1. The quantitative estimate of drug-likeness (QED) is 0.605. The molecule has 2 heterocycles. The maximum atomic E-state index is 11.6. The number of phenolic OH excluding ortho intramolecular Hbond substituents is 1. The SMILES string of the molecule is COC(c1ccccn1)(c1ccccn1)c1cc(C(C)(C)C)cc(C(C)(C)C)c1O. The highest BCUT2D eigenvalue weighted by Gasteiger charge is 2.43. The van der Waals surface area contributed by atoms with Gasteiger partial charge in [-0.05, 0) is 52.3 Å². The standard InChI is InChI=1S/C26H32N2O2/c1-24(2,3)18-16-19(25(4,5)6)23(29)20(17-18)26(30-7,21-12-8-10-14-27-21)22-13-9-11-15-28-22/h8-17,29H,1-7H3. The second-order valence-corrected chi connectivity index (χ2v) is 9.74. The van der Waals surface area contributed by atoms with Crippen LogP contribution in [0.15, 0.2) is 60.9 Å². The molecule has 2 aromatic heterocycles. The lowest BCUT2D eigenvalue weighted by molar-refractivity contribution is 0.0487. The van der Waals surface area contributed by atoms with Crippen molar-refractivity contribution in [2.75, 3.05) is 7.11 Å². The molecular weight excluding hydrogens is 372 g/mol. The molecule has 3 aromatic rings. The molecule has 1 N–H and O–H groups in total. The third-order valence-electron chi connectivity index (χ3n) is 5.52. The van der Waals surface area contributed by atoms with E-state index >= 15 is 0 Å². The number of phenols is 1. The number of nitrogens with zero attached hydrogens (tertiary/aromatic N) is 2. The van der Waals surface area contributed by atoms with Gasteiger partial charge in [0, 0.05) is 25.1 Å². The Morgan fingerprint density at radius 2 is 1.23 bits per heavy atom. The van der Waals surface area contributed by atoms with Gasteiger partial charge in [-0.3, -0.25) is 9.97 Å². The highest BCUT2D eigenvalue weighted by atomic mass is 16.5. The van der Waals surface area contributed by atoms with Gasteiger partial charge in [-0.2, -0.15) is 0 Å². The summed E-state index contributed by atoms with van der Waals surface area (Å²) in [6, 6.07) is 15.6. The molecule has 3 rings (SSSR count). The Balaban J connectivity index is 2.48. The fraction of sp³-hybridized carbons (Fsp3) is 0.385. The number of aromatic nitrogens is 2. The molecular formula is C26H32N2O2. The van der Waals surface area contributed by atoms with E-state index in [0.717, 1.165) is 11.1 Å². The van der Waals surface area contributed by atoms with Gasteiger partial charge in [-0.15, -0.1) is 0 Å². The van der Waals surface area contributed by atoms with Crippen molar-refractivity contribution < 1.29 is 9.84 Å². The van der Waals surface area contributed by atoms with Crippen LogP contribution in [-0.4, -0.2) is 22.2 Å². The summed E-state index contributed by atoms with van der Waals surface area (Å²) in [4.78, 5) is 9.25. The Labute approximate surface area is 180 Å². The molecule has 158 valence electrons. The van der Waals surface area contributed by atoms with E-state index in [1.807, 2.05) is 42.5 Å². The summed E-state index contributed by atoms with van der Waals surface area (Å²) in [6.45, 7) is 12.8. The lowest BCUT2D eigenvalue weighted by Crippen LogP contribution is -2.35. The molecule has 1 aromatic carbocycles. The van der Waals surface area contributed by atoms with Crippen molar-refractivity contribution in [3.05, 3.63) is 89.0 Å². The van der Waals surface area contributed by atoms with Crippen molar-refractivity contribution in [2.24, 2.45) is 0 Å². The maximum Gasteiger partial charge on any atom is 0.180 e. The lowest BCUT2D eigenvalue weighted by Gasteiger charge is -2.36. The van der Waals surface area contributed by atoms with Gasteiger partial charge < -0.3 is 9.84 Å². The average molecular weight is 405 g/mol. The molecule has 0 aliphatic carbocycles. The molecule has 0 saturated heterocycles. The topological polar surface area (TPSA) is 55.2 Å². The van der Waals surface area contributed by atoms with Crippen LogP contribution in [0.5, 0.6) is 5.75 Å². The Morgan fingerprint density at radius 1 is 0.733 bits per heavy atom. The van der Waals surface area contributed by atoms with Crippen LogP contribution in [0.25, 0.3) is 0 Å². The molecule has 0 atom stereocenters. The largest absolute Gasteiger partial charge is 0.507 e. The van der Waals surface area contributed by atoms with Gasteiger partial charge >= 0.3 is 0 Å². The molecule has 0 fully saturated rings. The summed E-state index contributed by atoms with van der Waals surface area (Å²) in [5.41, 5.74) is 2.48. The molecule has 0 bridgehead atoms. The minimum atomic E-state index is -1.14. The number of aromatic hydroxyl groups is 1. The van der Waals surface area contributed by atoms with Gasteiger partial charge in [-0.1, -0.05) is 59.7 Å². The van der Waals surface area contributed by atoms with Crippen molar-refractivity contribution in [2.45, 2.75) is 58.0 Å². The summed E-state index contributed by atoms with van der Waals surface area (Å²) in [5, 5.41) is 11.6. The maximum absolute atomic E-state index is 11.6. The molecule has 0 radical (unpaired) electrons. The normalized spacial score (nSPS) is 12.8. The van der Waals surface area contributed by atoms with Crippen molar-refractivity contribution in [1.29, 1.82) is 0 Å². The number of benzene rings is 1. The first-order valence-electron chi connectivity index (χ1n) is 10.3. The van der Waals surface area contributed by atoms with E-state index in [9.17, 15) is 5.11 Å². The highest BCUT2D eigenvalue weighted by molar-refractivity contribution is 5.56. The van der Waals surface area contributed by atoms with Crippen LogP contribution in [0, 0.1) is 0 Å². The zero-order valence-corrected chi connectivity index (χ0v) is 19.0. The minimum Gasteiger partial charge on any atom is -0.507 e. The van der Waals surface area contributed by atoms with E-state index in [1.165, 1.54) is 0 Å². The van der Waals surface area contributed by atoms with E-state index < -0.39 is 5.60 Å². The van der Waals surface area contributed by atoms with Crippen molar-refractivity contribution >= 4 is 0 Å². The smallest absolute Gasteiger partial charge is 0.180 e. The summed E-state index contributed by atoms with van der Waals surface area (Å²) in [7, 11) is 1.64. The predicted molar refractivity (Wildman–Crippen MR) is 121 cm³/mol. The van der Waals surface area contributed by atoms with Crippen LogP contribution in [0.1, 0.15) is 69.6 Å². The van der Waals surface area contributed by atoms with Crippen molar-refractivity contribution in [3.8, 4) is 5.75 Å². The lowest BCUT2D eigenvalue weighted by atomic mass is 9.75. The van der Waals surface area contributed by atoms with Crippen LogP contribution in [0.2, 0.25) is 0 Å². The number of ether oxygens (including phenoxy) is 1. The van der Waals surface area contributed by atoms with E-state index in [2.05, 4.69) is 57.6 Å². The third-order valence-corrected chi connectivity index (χ3v) is 5.52. The van der Waals surface area contributed by atoms with E-state index in [1.54, 1.807) is 19.5 Å². The molecule has 0 aliphatic heterocycles. The van der Waals surface area contributed by atoms with Gasteiger partial charge in [0.05, 0.1) is 11.4 Å². The molecule has 0 spiro atoms. The van der Waals surface area contributed by atoms with Gasteiger partial charge in [0.25, 0.3) is 0 Å². The first kappa shape index (κ1) is 22.0. The van der Waals surface area contributed by atoms with Crippen LogP contribution in [0.4, 0.5) is 0 Å². The molecule has 0 aliphatic rings. The summed E-state index contributed by atoms with van der Waals surface area (Å²) < 4.78 is 6.23. The monoisotopic (exact) mass is 404 g/mol. The second kappa shape index (κ2) is 7.84. The number of hydrogen-bond acceptors (Lipinski definition) is 4. The van der Waals surface area contributed by atoms with Crippen molar-refractivity contribution in [1.82, 2.24) is 9.97 Å². The van der Waals surface area contributed by atoms with Gasteiger partial charge in [0.15, 0.2) is 5.60 Å². The van der Waals surface area contributed by atoms with Crippen LogP contribution >= 0.6 is 0 Å². The Morgan fingerprint density at radius 3 is 1.60 bits per heavy atom. The summed E-state index contributed by atoms with van der Waals surface area (Å²) in [5.74, 6) is 0.216. The molecule has 0 unspecified atom stereocenters. The number of pyridine rings is 2. The molecule has 30 heavy (non-hydrogen) atoms. The zero-order chi connectivity index (χ0) is 22.2. The van der Waals surface area contributed by atoms with E-state index in [-0.39, 0.29) is 16.6 Å². The van der Waals surface area contributed by atoms with E-state index in [0.29, 0.717) is 17.0 Å². The molecule has 0 saturated carbocycles. The highest BCUT2D eigenvalue weighted by Crippen LogP contribution is 2.47. The van der Waals surface area contributed by atoms with Gasteiger partial charge in [0.2, 0.25) is 0 Å². The third kappa shape index (κ3) is 3.84. The predicted octanol–water partition coefficient (Wildman–Crippen LogP) is 5.72. The molecule has 0 amide bonds. The summed E-state index contributed by atoms with van der Waals surface area (Å²) >= 11 is 0. The molecule has 4 nitrogen and oxygen atoms in total. The fourth-order valence-corrected chi connectivity index (χ4v) is 3.78. The minimum absolute atomic E-state index is 0.115. The Kier molecular flexibility index (Phi) is 5.74. The van der Waals surface area contributed by atoms with Crippen LogP contribution in [0.3, 0.4) is 0 Å². The van der Waals surface area contributed by atoms with E-state index in [4.69, 9.17) is 4.74 Å². The van der Waals surface area contributed by atoms with Crippen LogP contribution in [-0.2, 0) is 21.2 Å².